The fourth-order valence-electron chi connectivity index (χ4n) is 7.24. The van der Waals surface area contributed by atoms with E-state index < -0.39 is 0 Å². The smallest absolute Gasteiger partial charge is 0.139 e. The first-order valence-corrected chi connectivity index (χ1v) is 10.9. The van der Waals surface area contributed by atoms with Gasteiger partial charge in [0.05, 0.1) is 11.9 Å². The van der Waals surface area contributed by atoms with E-state index in [1.165, 1.54) is 19.3 Å². The van der Waals surface area contributed by atoms with Gasteiger partial charge < -0.3 is 9.53 Å². The number of fused-ring (bicyclic) bond motifs is 3. The van der Waals surface area contributed by atoms with Gasteiger partial charge in [0.2, 0.25) is 0 Å². The third-order valence-electron chi connectivity index (χ3n) is 8.62. The SMILES string of the molecule is C=C(C)O[C@@H](C)[C@H]1CC[C@H]2[C@@H]3CCC(=O)[C@@](C)(CCC(C)=O)[C@@H]3CC[C@]12C. The second-order valence-electron chi connectivity index (χ2n) is 10.2. The minimum absolute atomic E-state index is 0.207. The molecular formula is C24H38O3. The lowest BCUT2D eigenvalue weighted by Gasteiger charge is -2.56. The van der Waals surface area contributed by atoms with E-state index in [0.717, 1.165) is 25.0 Å². The van der Waals surface area contributed by atoms with Crippen molar-refractivity contribution in [2.45, 2.75) is 92.1 Å². The zero-order valence-electron chi connectivity index (χ0n) is 18.0. The summed E-state index contributed by atoms with van der Waals surface area (Å²) >= 11 is 0. The van der Waals surface area contributed by atoms with E-state index in [9.17, 15) is 9.59 Å². The van der Waals surface area contributed by atoms with Gasteiger partial charge in [-0.05, 0) is 82.5 Å². The lowest BCUT2D eigenvalue weighted by atomic mass is 9.48. The van der Waals surface area contributed by atoms with Crippen molar-refractivity contribution in [3.8, 4) is 0 Å². The van der Waals surface area contributed by atoms with Crippen molar-refractivity contribution < 1.29 is 14.3 Å². The fourth-order valence-corrected chi connectivity index (χ4v) is 7.24. The van der Waals surface area contributed by atoms with Crippen LogP contribution in [0, 0.1) is 34.5 Å². The summed E-state index contributed by atoms with van der Waals surface area (Å²) in [6, 6.07) is 0. The van der Waals surface area contributed by atoms with Crippen molar-refractivity contribution in [3.05, 3.63) is 12.3 Å². The van der Waals surface area contributed by atoms with Gasteiger partial charge in [0.25, 0.3) is 0 Å². The summed E-state index contributed by atoms with van der Waals surface area (Å²) in [5.74, 6) is 3.75. The molecule has 0 aromatic carbocycles. The quantitative estimate of drug-likeness (QED) is 0.558. The number of carbonyl (C=O) groups is 2. The Balaban J connectivity index is 1.82. The van der Waals surface area contributed by atoms with Crippen molar-refractivity contribution in [3.63, 3.8) is 0 Å². The third kappa shape index (κ3) is 3.51. The third-order valence-corrected chi connectivity index (χ3v) is 8.62. The van der Waals surface area contributed by atoms with Crippen molar-refractivity contribution in [2.75, 3.05) is 0 Å². The maximum absolute atomic E-state index is 12.9. The molecule has 3 fully saturated rings. The molecule has 0 amide bonds. The summed E-state index contributed by atoms with van der Waals surface area (Å²) in [5.41, 5.74) is 0.00569. The average Bonchev–Trinajstić information content (AvgIpc) is 2.93. The van der Waals surface area contributed by atoms with Crippen LogP contribution >= 0.6 is 0 Å². The Kier molecular flexibility index (Phi) is 5.62. The first-order valence-electron chi connectivity index (χ1n) is 10.9. The molecule has 3 heteroatoms. The Labute approximate surface area is 165 Å². The van der Waals surface area contributed by atoms with E-state index in [2.05, 4.69) is 27.4 Å². The second-order valence-corrected chi connectivity index (χ2v) is 10.2. The highest BCUT2D eigenvalue weighted by molar-refractivity contribution is 5.86. The maximum Gasteiger partial charge on any atom is 0.139 e. The molecule has 3 aliphatic carbocycles. The van der Waals surface area contributed by atoms with Crippen LogP contribution in [0.25, 0.3) is 0 Å². The van der Waals surface area contributed by atoms with E-state index in [1.807, 2.05) is 6.92 Å². The molecule has 152 valence electrons. The number of carbonyl (C=O) groups excluding carboxylic acids is 2. The highest BCUT2D eigenvalue weighted by Crippen LogP contribution is 2.65. The predicted molar refractivity (Wildman–Crippen MR) is 108 cm³/mol. The van der Waals surface area contributed by atoms with Crippen LogP contribution in [0.1, 0.15) is 86.0 Å². The van der Waals surface area contributed by atoms with Crippen molar-refractivity contribution in [1.82, 2.24) is 0 Å². The standard InChI is InChI=1S/C24H38O3/c1-15(2)27-17(4)19-8-9-20-18-7-10-22(26)24(6,13-11-16(3)25)21(18)12-14-23(19,20)5/h17-21H,1,7-14H2,2-6H3/t17-,18-,19+,20-,21+,23+,24-/m0/s1. The average molecular weight is 375 g/mol. The molecule has 3 rings (SSSR count). The Bertz CT molecular complexity index is 623. The molecule has 7 atom stereocenters. The molecule has 0 unspecified atom stereocenters. The minimum atomic E-state index is -0.298. The highest BCUT2D eigenvalue weighted by Gasteiger charge is 2.60. The van der Waals surface area contributed by atoms with Gasteiger partial charge in [-0.1, -0.05) is 20.4 Å². The van der Waals surface area contributed by atoms with Gasteiger partial charge in [0, 0.05) is 24.2 Å². The summed E-state index contributed by atoms with van der Waals surface area (Å²) in [6.45, 7) is 14.4. The monoisotopic (exact) mass is 374 g/mol. The lowest BCUT2D eigenvalue weighted by Crippen LogP contribution is -2.53. The summed E-state index contributed by atoms with van der Waals surface area (Å²) in [4.78, 5) is 24.5. The normalized spacial score (nSPS) is 42.2. The molecule has 3 aliphatic rings. The van der Waals surface area contributed by atoms with Crippen molar-refractivity contribution in [1.29, 1.82) is 0 Å². The van der Waals surface area contributed by atoms with Crippen molar-refractivity contribution in [2.24, 2.45) is 34.5 Å². The molecule has 0 radical (unpaired) electrons. The van der Waals surface area contributed by atoms with Crippen LogP contribution in [-0.2, 0) is 14.3 Å². The van der Waals surface area contributed by atoms with E-state index in [1.54, 1.807) is 6.92 Å². The molecule has 0 aliphatic heterocycles. The van der Waals surface area contributed by atoms with E-state index in [4.69, 9.17) is 4.74 Å². The Morgan fingerprint density at radius 1 is 1.19 bits per heavy atom. The summed E-state index contributed by atoms with van der Waals surface area (Å²) in [6.07, 6.45) is 8.00. The molecular weight excluding hydrogens is 336 g/mol. The molecule has 0 heterocycles. The zero-order valence-corrected chi connectivity index (χ0v) is 18.0. The Hall–Kier alpha value is -1.12. The van der Waals surface area contributed by atoms with Crippen LogP contribution in [0.5, 0.6) is 0 Å². The number of Topliss-reactive ketones (excluding diaryl/α,β-unsaturated/α-hetero) is 2. The van der Waals surface area contributed by atoms with Gasteiger partial charge in [-0.15, -0.1) is 0 Å². The number of ether oxygens (including phenoxy) is 1. The Morgan fingerprint density at radius 2 is 1.89 bits per heavy atom. The van der Waals surface area contributed by atoms with Gasteiger partial charge in [-0.25, -0.2) is 0 Å². The van der Waals surface area contributed by atoms with Crippen molar-refractivity contribution >= 4 is 11.6 Å². The molecule has 27 heavy (non-hydrogen) atoms. The summed E-state index contributed by atoms with van der Waals surface area (Å²) in [7, 11) is 0. The summed E-state index contributed by atoms with van der Waals surface area (Å²) in [5, 5.41) is 0. The molecule has 3 nitrogen and oxygen atoms in total. The molecule has 0 saturated heterocycles. The van der Waals surface area contributed by atoms with E-state index >= 15 is 0 Å². The Morgan fingerprint density at radius 3 is 2.52 bits per heavy atom. The van der Waals surface area contributed by atoms with E-state index in [0.29, 0.717) is 47.7 Å². The number of ketones is 2. The molecule has 0 aromatic rings. The number of hydrogen-bond donors (Lipinski definition) is 0. The van der Waals surface area contributed by atoms with Crippen LogP contribution in [0.3, 0.4) is 0 Å². The molecule has 0 aromatic heterocycles. The molecule has 0 bridgehead atoms. The largest absolute Gasteiger partial charge is 0.496 e. The van der Waals surface area contributed by atoms with Crippen LogP contribution in [-0.4, -0.2) is 17.7 Å². The number of hydrogen-bond acceptors (Lipinski definition) is 3. The molecule has 3 saturated carbocycles. The lowest BCUT2D eigenvalue weighted by molar-refractivity contribution is -0.147. The van der Waals surface area contributed by atoms with Gasteiger partial charge in [0.15, 0.2) is 0 Å². The minimum Gasteiger partial charge on any atom is -0.496 e. The molecule has 0 spiro atoms. The summed E-state index contributed by atoms with van der Waals surface area (Å²) < 4.78 is 6.02. The van der Waals surface area contributed by atoms with Crippen LogP contribution in [0.4, 0.5) is 0 Å². The van der Waals surface area contributed by atoms with Crippen LogP contribution in [0.15, 0.2) is 12.3 Å². The van der Waals surface area contributed by atoms with Crippen LogP contribution in [0.2, 0.25) is 0 Å². The number of rotatable bonds is 6. The van der Waals surface area contributed by atoms with Gasteiger partial charge >= 0.3 is 0 Å². The second kappa shape index (κ2) is 7.37. The highest BCUT2D eigenvalue weighted by atomic mass is 16.5. The van der Waals surface area contributed by atoms with Gasteiger partial charge in [-0.2, -0.15) is 0 Å². The first-order chi connectivity index (χ1) is 12.6. The van der Waals surface area contributed by atoms with Crippen LogP contribution < -0.4 is 0 Å². The number of allylic oxidation sites excluding steroid dienone is 1. The zero-order chi connectivity index (χ0) is 20.0. The predicted octanol–water partition coefficient (Wildman–Crippen LogP) is 5.72. The van der Waals surface area contributed by atoms with Gasteiger partial charge in [-0.3, -0.25) is 4.79 Å². The first kappa shape index (κ1) is 20.6. The molecule has 0 N–H and O–H groups in total. The fraction of sp³-hybridized carbons (Fsp3) is 0.833. The van der Waals surface area contributed by atoms with E-state index in [-0.39, 0.29) is 17.3 Å². The van der Waals surface area contributed by atoms with Gasteiger partial charge in [0.1, 0.15) is 11.6 Å². The maximum atomic E-state index is 12.9. The topological polar surface area (TPSA) is 43.4 Å².